The number of aromatic nitrogens is 5. The first-order valence-corrected chi connectivity index (χ1v) is 10.4. The Hall–Kier alpha value is -4.28. The number of hydrogen-bond donors (Lipinski definition) is 4. The summed E-state index contributed by atoms with van der Waals surface area (Å²) in [7, 11) is 3.21. The van der Waals surface area contributed by atoms with Crippen molar-refractivity contribution in [2.24, 2.45) is 4.99 Å². The second-order valence-electron chi connectivity index (χ2n) is 7.69. The maximum Gasteiger partial charge on any atom is 0.326 e. The van der Waals surface area contributed by atoms with Gasteiger partial charge in [0.25, 0.3) is 0 Å². The summed E-state index contributed by atoms with van der Waals surface area (Å²) in [5.41, 5.74) is 1.88. The molecule has 1 aliphatic carbocycles. The van der Waals surface area contributed by atoms with E-state index >= 15 is 0 Å². The Morgan fingerprint density at radius 1 is 1.30 bits per heavy atom. The normalized spacial score (nSPS) is 14.7. The van der Waals surface area contributed by atoms with E-state index in [0.29, 0.717) is 40.2 Å². The molecule has 11 nitrogen and oxygen atoms in total. The van der Waals surface area contributed by atoms with E-state index in [1.165, 1.54) is 0 Å². The summed E-state index contributed by atoms with van der Waals surface area (Å²) in [6.07, 6.45) is 5.32. The zero-order valence-electron chi connectivity index (χ0n) is 18.1. The number of nitrogens with one attached hydrogen (secondary N) is 3. The zero-order valence-corrected chi connectivity index (χ0v) is 18.1. The molecule has 3 aromatic heterocycles. The lowest BCUT2D eigenvalue weighted by atomic mass is 10.2. The van der Waals surface area contributed by atoms with Crippen LogP contribution in [0, 0.1) is 0 Å². The Morgan fingerprint density at radius 2 is 2.15 bits per heavy atom. The van der Waals surface area contributed by atoms with Gasteiger partial charge in [0.2, 0.25) is 5.88 Å². The quantitative estimate of drug-likeness (QED) is 0.325. The summed E-state index contributed by atoms with van der Waals surface area (Å²) in [5, 5.41) is 18.3. The highest BCUT2D eigenvalue weighted by atomic mass is 16.5. The van der Waals surface area contributed by atoms with E-state index in [4.69, 9.17) is 19.5 Å². The molecule has 4 aromatic rings. The van der Waals surface area contributed by atoms with Crippen molar-refractivity contribution in [3.05, 3.63) is 62.9 Å². The minimum absolute atomic E-state index is 0.247. The van der Waals surface area contributed by atoms with Gasteiger partial charge in [0, 0.05) is 23.4 Å². The number of imidazole rings is 1. The number of H-pyrrole nitrogens is 2. The Kier molecular flexibility index (Phi) is 5.21. The Morgan fingerprint density at radius 3 is 2.85 bits per heavy atom. The van der Waals surface area contributed by atoms with Gasteiger partial charge in [-0.1, -0.05) is 12.1 Å². The minimum atomic E-state index is -0.498. The van der Waals surface area contributed by atoms with Gasteiger partial charge in [-0.15, -0.1) is 0 Å². The van der Waals surface area contributed by atoms with Gasteiger partial charge < -0.3 is 24.9 Å². The molecule has 0 atom stereocenters. The van der Waals surface area contributed by atoms with Crippen molar-refractivity contribution in [2.45, 2.75) is 25.4 Å². The zero-order chi connectivity index (χ0) is 22.9. The lowest BCUT2D eigenvalue weighted by Gasteiger charge is -2.13. The number of rotatable bonds is 7. The fraction of sp³-hybridized carbons (Fsp3) is 0.273. The van der Waals surface area contributed by atoms with Crippen molar-refractivity contribution in [1.29, 1.82) is 0 Å². The smallest absolute Gasteiger partial charge is 0.326 e. The van der Waals surface area contributed by atoms with Gasteiger partial charge in [-0.3, -0.25) is 9.98 Å². The summed E-state index contributed by atoms with van der Waals surface area (Å²) in [5.74, 6) is 1.66. The summed E-state index contributed by atoms with van der Waals surface area (Å²) in [6, 6.07) is 7.82. The van der Waals surface area contributed by atoms with E-state index in [1.54, 1.807) is 31.0 Å². The third kappa shape index (κ3) is 4.12. The summed E-state index contributed by atoms with van der Waals surface area (Å²) in [4.78, 5) is 25.8. The van der Waals surface area contributed by atoms with Crippen LogP contribution in [0.5, 0.6) is 17.4 Å². The molecule has 1 fully saturated rings. The van der Waals surface area contributed by atoms with Gasteiger partial charge in [0.05, 0.1) is 26.5 Å². The van der Waals surface area contributed by atoms with Crippen LogP contribution in [0.4, 0.5) is 5.82 Å². The van der Waals surface area contributed by atoms with Gasteiger partial charge in [-0.25, -0.2) is 9.78 Å². The molecule has 4 N–H and O–H groups in total. The standard InChI is InChI=1S/C22H23N7O4/c1-32-16-5-3-4-12(19(16)33-2)10-23-17-9-18(25-14-6-7-14)29-20(27-17)13(11-24-29)8-15-21(30)28-22(31)26-15/h3-5,8-9,11,14,23,30H,6-7,10H2,1-2H3,(H2,26,28,31)/b13-8+,25-18?. The van der Waals surface area contributed by atoms with Crippen LogP contribution in [0.3, 0.4) is 0 Å². The number of para-hydroxylation sites is 1. The summed E-state index contributed by atoms with van der Waals surface area (Å²) in [6.45, 7) is 0.450. The molecule has 11 heteroatoms. The first-order chi connectivity index (χ1) is 16.1. The van der Waals surface area contributed by atoms with E-state index in [9.17, 15) is 9.90 Å². The van der Waals surface area contributed by atoms with E-state index in [0.717, 1.165) is 18.4 Å². The second kappa shape index (κ2) is 8.34. The van der Waals surface area contributed by atoms with Crippen molar-refractivity contribution in [1.82, 2.24) is 24.6 Å². The molecule has 1 aromatic carbocycles. The van der Waals surface area contributed by atoms with Crippen molar-refractivity contribution in [3.8, 4) is 17.4 Å². The predicted octanol–water partition coefficient (Wildman–Crippen LogP) is 0.691. The number of aromatic hydroxyl groups is 1. The highest BCUT2D eigenvalue weighted by Gasteiger charge is 2.20. The molecule has 0 unspecified atom stereocenters. The van der Waals surface area contributed by atoms with Crippen LogP contribution >= 0.6 is 0 Å². The van der Waals surface area contributed by atoms with Gasteiger partial charge >= 0.3 is 5.69 Å². The number of methoxy groups -OCH3 is 2. The highest BCUT2D eigenvalue weighted by molar-refractivity contribution is 5.58. The van der Waals surface area contributed by atoms with Crippen LogP contribution < -0.4 is 31.2 Å². The van der Waals surface area contributed by atoms with E-state index < -0.39 is 5.69 Å². The monoisotopic (exact) mass is 449 g/mol. The average Bonchev–Trinajstić information content (AvgIpc) is 3.45. The largest absolute Gasteiger partial charge is 0.493 e. The molecule has 0 saturated heterocycles. The van der Waals surface area contributed by atoms with Gasteiger partial charge in [0.1, 0.15) is 11.5 Å². The van der Waals surface area contributed by atoms with Crippen molar-refractivity contribution in [3.63, 3.8) is 0 Å². The fourth-order valence-corrected chi connectivity index (χ4v) is 3.57. The molecule has 0 aliphatic heterocycles. The van der Waals surface area contributed by atoms with Crippen LogP contribution in [0.2, 0.25) is 0 Å². The topological polar surface area (TPSA) is 142 Å². The van der Waals surface area contributed by atoms with Gasteiger partial charge in [-0.2, -0.15) is 9.61 Å². The number of aromatic amines is 2. The average molecular weight is 449 g/mol. The van der Waals surface area contributed by atoms with Crippen molar-refractivity contribution < 1.29 is 14.6 Å². The molecule has 5 rings (SSSR count). The molecule has 0 radical (unpaired) electrons. The lowest BCUT2D eigenvalue weighted by molar-refractivity contribution is 0.352. The first-order valence-electron chi connectivity index (χ1n) is 10.4. The van der Waals surface area contributed by atoms with Gasteiger partial charge in [0.15, 0.2) is 22.6 Å². The molecule has 0 amide bonds. The predicted molar refractivity (Wildman–Crippen MR) is 120 cm³/mol. The number of benzene rings is 1. The van der Waals surface area contributed by atoms with Crippen LogP contribution in [0.15, 0.2) is 40.2 Å². The van der Waals surface area contributed by atoms with E-state index in [2.05, 4.69) is 20.4 Å². The third-order valence-corrected chi connectivity index (χ3v) is 5.32. The van der Waals surface area contributed by atoms with E-state index in [-0.39, 0.29) is 17.6 Å². The molecular formula is C22H23N7O4. The molecule has 0 spiro atoms. The third-order valence-electron chi connectivity index (χ3n) is 5.32. The number of anilines is 1. The SMILES string of the molecule is COc1cccc(CNc2cc(=NC3CC3)n3nc/c(=C\c4[nH]c(=O)[nH]c4O)c3n2)c1OC. The highest BCUT2D eigenvalue weighted by Crippen LogP contribution is 2.31. The summed E-state index contributed by atoms with van der Waals surface area (Å²) >= 11 is 0. The van der Waals surface area contributed by atoms with Crippen molar-refractivity contribution in [2.75, 3.05) is 19.5 Å². The number of fused-ring (bicyclic) bond motifs is 1. The first kappa shape index (κ1) is 20.6. The van der Waals surface area contributed by atoms with E-state index in [1.807, 2.05) is 24.3 Å². The van der Waals surface area contributed by atoms with Crippen molar-refractivity contribution >= 4 is 17.5 Å². The second-order valence-corrected chi connectivity index (χ2v) is 7.69. The molecule has 1 saturated carbocycles. The molecule has 33 heavy (non-hydrogen) atoms. The van der Waals surface area contributed by atoms with Crippen LogP contribution in [0.1, 0.15) is 24.1 Å². The Bertz CT molecular complexity index is 1500. The van der Waals surface area contributed by atoms with Crippen LogP contribution in [-0.2, 0) is 6.54 Å². The molecular weight excluding hydrogens is 426 g/mol. The fourth-order valence-electron chi connectivity index (χ4n) is 3.57. The number of nitrogens with zero attached hydrogens (tertiary/aromatic N) is 4. The summed E-state index contributed by atoms with van der Waals surface area (Å²) < 4.78 is 12.6. The molecule has 170 valence electrons. The lowest BCUT2D eigenvalue weighted by Crippen LogP contribution is -2.20. The molecule has 3 heterocycles. The maximum absolute atomic E-state index is 11.5. The Labute approximate surface area is 187 Å². The minimum Gasteiger partial charge on any atom is -0.493 e. The maximum atomic E-state index is 11.5. The number of hydrogen-bond acceptors (Lipinski definition) is 8. The van der Waals surface area contributed by atoms with Gasteiger partial charge in [-0.05, 0) is 25.0 Å². The number of ether oxygens (including phenoxy) is 2. The molecule has 1 aliphatic rings. The Balaban J connectivity index is 1.57. The van der Waals surface area contributed by atoms with Crippen LogP contribution in [0.25, 0.3) is 11.7 Å². The molecule has 0 bridgehead atoms. The van der Waals surface area contributed by atoms with Crippen LogP contribution in [-0.4, -0.2) is 49.9 Å².